The van der Waals surface area contributed by atoms with Crippen molar-refractivity contribution in [1.29, 1.82) is 0 Å². The number of likely N-dealkylation sites (tertiary alicyclic amines) is 1. The van der Waals surface area contributed by atoms with E-state index in [9.17, 15) is 4.79 Å². The van der Waals surface area contributed by atoms with Crippen LogP contribution in [0.25, 0.3) is 0 Å². The van der Waals surface area contributed by atoms with Gasteiger partial charge in [-0.1, -0.05) is 11.6 Å². The fourth-order valence-electron chi connectivity index (χ4n) is 4.00. The zero-order valence-corrected chi connectivity index (χ0v) is 21.6. The number of piperidine rings is 1. The molecule has 9 heteroatoms. The number of hydrogen-bond acceptors (Lipinski definition) is 4. The van der Waals surface area contributed by atoms with Crippen molar-refractivity contribution in [3.05, 3.63) is 29.3 Å². The molecular weight excluding hydrogens is 529 g/mol. The van der Waals surface area contributed by atoms with Crippen LogP contribution in [0.3, 0.4) is 0 Å². The smallest absolute Gasteiger partial charge is 0.244 e. The summed E-state index contributed by atoms with van der Waals surface area (Å²) in [6.07, 6.45) is 2.34. The second-order valence-corrected chi connectivity index (χ2v) is 8.09. The van der Waals surface area contributed by atoms with Crippen molar-refractivity contribution in [3.63, 3.8) is 0 Å². The Morgan fingerprint density at radius 3 is 2.29 bits per heavy atom. The van der Waals surface area contributed by atoms with Gasteiger partial charge in [0.1, 0.15) is 6.54 Å². The number of anilines is 1. The van der Waals surface area contributed by atoms with E-state index in [0.29, 0.717) is 19.2 Å². The molecule has 1 aromatic carbocycles. The number of aliphatic imine (C=N–C) groups is 1. The van der Waals surface area contributed by atoms with Crippen LogP contribution in [0.1, 0.15) is 26.7 Å². The zero-order chi connectivity index (χ0) is 21.3. The Bertz CT molecular complexity index is 702. The average molecular weight is 564 g/mol. The Morgan fingerprint density at radius 1 is 1.06 bits per heavy atom. The molecule has 1 aromatic rings. The summed E-state index contributed by atoms with van der Waals surface area (Å²) >= 11 is 5.98. The van der Waals surface area contributed by atoms with E-state index >= 15 is 0 Å². The number of carbonyl (C=O) groups is 1. The molecule has 0 radical (unpaired) electrons. The van der Waals surface area contributed by atoms with Crippen LogP contribution in [-0.4, -0.2) is 86.7 Å². The molecule has 1 amide bonds. The summed E-state index contributed by atoms with van der Waals surface area (Å²) in [5.74, 6) is 0.922. The normalized spacial score (nSPS) is 18.0. The van der Waals surface area contributed by atoms with Gasteiger partial charge in [-0.25, -0.2) is 4.99 Å². The Hall–Kier alpha value is -1.26. The molecule has 2 saturated heterocycles. The third-order valence-corrected chi connectivity index (χ3v) is 5.92. The molecule has 0 atom stereocenters. The van der Waals surface area contributed by atoms with Crippen LogP contribution in [0.2, 0.25) is 5.02 Å². The lowest BCUT2D eigenvalue weighted by Gasteiger charge is -2.36. The first-order chi connectivity index (χ1) is 14.6. The number of piperazine rings is 1. The maximum absolute atomic E-state index is 12.7. The Morgan fingerprint density at radius 2 is 1.71 bits per heavy atom. The molecule has 31 heavy (non-hydrogen) atoms. The van der Waals surface area contributed by atoms with Crippen LogP contribution in [0.5, 0.6) is 0 Å². The van der Waals surface area contributed by atoms with Gasteiger partial charge in [0, 0.05) is 63.1 Å². The van der Waals surface area contributed by atoms with Crippen molar-refractivity contribution in [2.45, 2.75) is 32.8 Å². The average Bonchev–Trinajstić information content (AvgIpc) is 2.78. The number of nitrogens with zero attached hydrogens (tertiary/aromatic N) is 4. The highest BCUT2D eigenvalue weighted by atomic mass is 127. The summed E-state index contributed by atoms with van der Waals surface area (Å²) in [7, 11) is 0. The number of carbonyl (C=O) groups excluding carboxylic acids is 1. The highest BCUT2D eigenvalue weighted by Crippen LogP contribution is 2.19. The Kier molecular flexibility index (Phi) is 11.2. The Labute approximate surface area is 208 Å². The van der Waals surface area contributed by atoms with Crippen LogP contribution in [0.4, 0.5) is 5.69 Å². The van der Waals surface area contributed by atoms with Gasteiger partial charge in [0.2, 0.25) is 5.91 Å². The molecule has 7 nitrogen and oxygen atoms in total. The fraction of sp³-hybridized carbons (Fsp3) is 0.636. The number of amides is 1. The van der Waals surface area contributed by atoms with Crippen LogP contribution < -0.4 is 10.2 Å². The number of nitrogens with one attached hydrogen (secondary N) is 1. The quantitative estimate of drug-likeness (QED) is 0.328. The third kappa shape index (κ3) is 7.68. The summed E-state index contributed by atoms with van der Waals surface area (Å²) < 4.78 is 5.74. The van der Waals surface area contributed by atoms with Gasteiger partial charge in [0.25, 0.3) is 0 Å². The summed E-state index contributed by atoms with van der Waals surface area (Å²) in [5, 5.41) is 4.08. The van der Waals surface area contributed by atoms with Crippen molar-refractivity contribution >= 4 is 53.1 Å². The largest absolute Gasteiger partial charge is 0.378 e. The van der Waals surface area contributed by atoms with Crippen LogP contribution >= 0.6 is 35.6 Å². The molecule has 2 aliphatic heterocycles. The maximum atomic E-state index is 12.7. The molecule has 174 valence electrons. The lowest BCUT2D eigenvalue weighted by Crippen LogP contribution is -2.50. The van der Waals surface area contributed by atoms with Crippen LogP contribution in [0, 0.1) is 0 Å². The lowest BCUT2D eigenvalue weighted by atomic mass is 10.1. The van der Waals surface area contributed by atoms with Gasteiger partial charge in [-0.2, -0.15) is 0 Å². The van der Waals surface area contributed by atoms with Gasteiger partial charge >= 0.3 is 0 Å². The minimum absolute atomic E-state index is 0. The van der Waals surface area contributed by atoms with Crippen LogP contribution in [-0.2, 0) is 9.53 Å². The van der Waals surface area contributed by atoms with Gasteiger partial charge in [0.05, 0.1) is 6.10 Å². The molecule has 0 bridgehead atoms. The van der Waals surface area contributed by atoms with E-state index in [1.165, 1.54) is 0 Å². The highest BCUT2D eigenvalue weighted by Gasteiger charge is 2.23. The van der Waals surface area contributed by atoms with Crippen molar-refractivity contribution < 1.29 is 9.53 Å². The summed E-state index contributed by atoms with van der Waals surface area (Å²) in [5.41, 5.74) is 1.15. The molecular formula is C22H35ClIN5O2. The summed E-state index contributed by atoms with van der Waals surface area (Å²) in [4.78, 5) is 23.8. The molecule has 3 rings (SSSR count). The summed E-state index contributed by atoms with van der Waals surface area (Å²) in [6.45, 7) is 10.7. The third-order valence-electron chi connectivity index (χ3n) is 5.67. The predicted molar refractivity (Wildman–Crippen MR) is 138 cm³/mol. The van der Waals surface area contributed by atoms with E-state index in [1.54, 1.807) is 0 Å². The zero-order valence-electron chi connectivity index (χ0n) is 18.6. The predicted octanol–water partition coefficient (Wildman–Crippen LogP) is 3.07. The van der Waals surface area contributed by atoms with E-state index in [1.807, 2.05) is 36.1 Å². The lowest BCUT2D eigenvalue weighted by molar-refractivity contribution is -0.129. The van der Waals surface area contributed by atoms with E-state index in [2.05, 4.69) is 27.0 Å². The minimum Gasteiger partial charge on any atom is -0.378 e. The van der Waals surface area contributed by atoms with E-state index in [0.717, 1.165) is 68.8 Å². The number of guanidine groups is 1. The second kappa shape index (κ2) is 13.3. The van der Waals surface area contributed by atoms with Crippen molar-refractivity contribution in [2.24, 2.45) is 4.99 Å². The molecule has 1 N–H and O–H groups in total. The van der Waals surface area contributed by atoms with Crippen LogP contribution in [0.15, 0.2) is 29.3 Å². The molecule has 0 aliphatic carbocycles. The molecule has 2 aliphatic rings. The number of hydrogen-bond donors (Lipinski definition) is 1. The first-order valence-corrected chi connectivity index (χ1v) is 11.4. The van der Waals surface area contributed by atoms with Gasteiger partial charge in [-0.3, -0.25) is 4.79 Å². The van der Waals surface area contributed by atoms with Gasteiger partial charge in [0.15, 0.2) is 5.96 Å². The highest BCUT2D eigenvalue weighted by molar-refractivity contribution is 14.0. The van der Waals surface area contributed by atoms with E-state index in [4.69, 9.17) is 16.3 Å². The molecule has 0 unspecified atom stereocenters. The fourth-order valence-corrected chi connectivity index (χ4v) is 4.13. The molecule has 0 spiro atoms. The first-order valence-electron chi connectivity index (χ1n) is 11.0. The van der Waals surface area contributed by atoms with E-state index in [-0.39, 0.29) is 36.4 Å². The molecule has 0 aromatic heterocycles. The first kappa shape index (κ1) is 26.0. The van der Waals surface area contributed by atoms with Gasteiger partial charge in [-0.05, 0) is 51.0 Å². The minimum atomic E-state index is 0. The van der Waals surface area contributed by atoms with E-state index < -0.39 is 0 Å². The van der Waals surface area contributed by atoms with Crippen molar-refractivity contribution in [2.75, 3.05) is 63.9 Å². The number of benzene rings is 1. The standard InChI is InChI=1S/C22H34ClN5O2.HI/c1-3-24-22(28-11-9-20(10-12-28)30-4-2)25-17-21(29)27-15-13-26(14-16-27)19-7-5-18(23)6-8-19;/h5-8,20H,3-4,9-17H2,1-2H3,(H,24,25);1H. The second-order valence-electron chi connectivity index (χ2n) is 7.66. The molecule has 2 heterocycles. The SMILES string of the molecule is CCNC(=NCC(=O)N1CCN(c2ccc(Cl)cc2)CC1)N1CCC(OCC)CC1.I. The Balaban J connectivity index is 0.00000341. The number of rotatable bonds is 6. The number of ether oxygens (including phenoxy) is 1. The monoisotopic (exact) mass is 563 g/mol. The van der Waals surface area contributed by atoms with Crippen molar-refractivity contribution in [3.8, 4) is 0 Å². The van der Waals surface area contributed by atoms with Crippen molar-refractivity contribution in [1.82, 2.24) is 15.1 Å². The van der Waals surface area contributed by atoms with Gasteiger partial charge < -0.3 is 24.8 Å². The summed E-state index contributed by atoms with van der Waals surface area (Å²) in [6, 6.07) is 7.87. The topological polar surface area (TPSA) is 60.4 Å². The molecule has 2 fully saturated rings. The molecule has 0 saturated carbocycles. The maximum Gasteiger partial charge on any atom is 0.244 e. The number of halogens is 2. The van der Waals surface area contributed by atoms with Gasteiger partial charge in [-0.15, -0.1) is 24.0 Å².